The number of nitrogens with one attached hydrogen (secondary N) is 1. The lowest BCUT2D eigenvalue weighted by Crippen LogP contribution is -2.30. The fourth-order valence-electron chi connectivity index (χ4n) is 3.22. The Hall–Kier alpha value is -3.23. The lowest BCUT2D eigenvalue weighted by atomic mass is 9.96. The summed E-state index contributed by atoms with van der Waals surface area (Å²) >= 11 is 1.30. The molecule has 0 spiro atoms. The molecule has 0 saturated carbocycles. The number of nitrogens with zero attached hydrogens (tertiary/aromatic N) is 2. The first-order valence-electron chi connectivity index (χ1n) is 8.14. The number of fused-ring (bicyclic) bond motifs is 1. The zero-order valence-corrected chi connectivity index (χ0v) is 15.0. The second-order valence-electron chi connectivity index (χ2n) is 6.10. The third-order valence-electron chi connectivity index (χ3n) is 4.41. The number of carbonyl (C=O) groups excluding carboxylic acids is 2. The molecule has 1 atom stereocenters. The molecule has 0 saturated heterocycles. The van der Waals surface area contributed by atoms with Gasteiger partial charge < -0.3 is 5.11 Å². The van der Waals surface area contributed by atoms with Gasteiger partial charge in [-0.3, -0.25) is 25.2 Å². The van der Waals surface area contributed by atoms with Crippen molar-refractivity contribution in [2.75, 3.05) is 10.4 Å². The highest BCUT2D eigenvalue weighted by Gasteiger charge is 2.44. The van der Waals surface area contributed by atoms with E-state index in [0.717, 1.165) is 10.2 Å². The van der Waals surface area contributed by atoms with Gasteiger partial charge in [0.2, 0.25) is 0 Å². The molecule has 4 rings (SSSR count). The average molecular weight is 381 g/mol. The van der Waals surface area contributed by atoms with Crippen LogP contribution in [0.15, 0.2) is 59.9 Å². The largest absolute Gasteiger partial charge is 0.503 e. The molecule has 1 aromatic heterocycles. The van der Waals surface area contributed by atoms with Gasteiger partial charge in [-0.2, -0.15) is 0 Å². The minimum Gasteiger partial charge on any atom is -0.503 e. The summed E-state index contributed by atoms with van der Waals surface area (Å²) in [7, 11) is 0. The van der Waals surface area contributed by atoms with Gasteiger partial charge in [0.1, 0.15) is 0 Å². The van der Waals surface area contributed by atoms with Crippen molar-refractivity contribution in [3.8, 4) is 0 Å². The normalized spacial score (nSPS) is 17.0. The number of aromatic nitrogens is 1. The first-order valence-corrected chi connectivity index (χ1v) is 8.96. The van der Waals surface area contributed by atoms with Gasteiger partial charge >= 0.3 is 0 Å². The topological polar surface area (TPSA) is 103 Å². The van der Waals surface area contributed by atoms with Gasteiger partial charge in [0.05, 0.1) is 27.5 Å². The summed E-state index contributed by atoms with van der Waals surface area (Å²) in [5.74, 6) is -1.66. The Kier molecular flexibility index (Phi) is 4.14. The molecule has 136 valence electrons. The van der Waals surface area contributed by atoms with E-state index in [1.807, 2.05) is 24.3 Å². The van der Waals surface area contributed by atoms with Crippen LogP contribution >= 0.6 is 11.3 Å². The second-order valence-corrected chi connectivity index (χ2v) is 7.11. The number of amides is 1. The van der Waals surface area contributed by atoms with Crippen molar-refractivity contribution < 1.29 is 19.9 Å². The van der Waals surface area contributed by atoms with Crippen molar-refractivity contribution in [2.24, 2.45) is 0 Å². The number of thiazole rings is 1. The van der Waals surface area contributed by atoms with Crippen LogP contribution in [-0.2, 0) is 9.59 Å². The highest BCUT2D eigenvalue weighted by Crippen LogP contribution is 2.43. The molecule has 1 unspecified atom stereocenters. The van der Waals surface area contributed by atoms with Gasteiger partial charge in [-0.25, -0.2) is 4.98 Å². The van der Waals surface area contributed by atoms with Crippen LogP contribution in [0.25, 0.3) is 10.2 Å². The molecule has 7 nitrogen and oxygen atoms in total. The number of aliphatic hydroxyl groups excluding tert-OH is 1. The highest BCUT2D eigenvalue weighted by molar-refractivity contribution is 7.22. The minimum atomic E-state index is -0.830. The van der Waals surface area contributed by atoms with E-state index in [2.05, 4.69) is 10.5 Å². The van der Waals surface area contributed by atoms with Crippen LogP contribution in [0.5, 0.6) is 0 Å². The summed E-state index contributed by atoms with van der Waals surface area (Å²) in [6.07, 6.45) is 0. The van der Waals surface area contributed by atoms with Crippen molar-refractivity contribution in [2.45, 2.75) is 13.0 Å². The van der Waals surface area contributed by atoms with E-state index >= 15 is 0 Å². The van der Waals surface area contributed by atoms with Crippen LogP contribution in [0.1, 0.15) is 18.5 Å². The number of anilines is 2. The summed E-state index contributed by atoms with van der Waals surface area (Å²) < 4.78 is 0.889. The van der Waals surface area contributed by atoms with Crippen molar-refractivity contribution in [3.63, 3.8) is 0 Å². The van der Waals surface area contributed by atoms with E-state index < -0.39 is 23.5 Å². The number of ketones is 1. The van der Waals surface area contributed by atoms with Gasteiger partial charge in [0.25, 0.3) is 5.91 Å². The number of Topliss-reactive ketones (excluding diaryl/α,β-unsaturated/α-hetero) is 1. The van der Waals surface area contributed by atoms with Gasteiger partial charge in [0, 0.05) is 0 Å². The maximum atomic E-state index is 12.8. The number of rotatable bonds is 4. The summed E-state index contributed by atoms with van der Waals surface area (Å²) in [6, 6.07) is 13.3. The van der Waals surface area contributed by atoms with Crippen molar-refractivity contribution in [1.82, 2.24) is 4.98 Å². The van der Waals surface area contributed by atoms with E-state index in [1.165, 1.54) is 23.2 Å². The molecule has 0 bridgehead atoms. The maximum Gasteiger partial charge on any atom is 0.296 e. The number of carbonyl (C=O) groups is 2. The third-order valence-corrected chi connectivity index (χ3v) is 5.44. The van der Waals surface area contributed by atoms with Gasteiger partial charge in [-0.1, -0.05) is 35.6 Å². The van der Waals surface area contributed by atoms with Crippen LogP contribution in [0.3, 0.4) is 0 Å². The standard InChI is InChI=1S/C19H15N3O4S/c1-10(23)15-16(11-5-4-6-12(9-11)21-26)22(18(25)17(15)24)19-20-13-7-2-3-8-14(13)27-19/h2-9,16,21,24,26H,1H3. The monoisotopic (exact) mass is 381 g/mol. The van der Waals surface area contributed by atoms with E-state index in [9.17, 15) is 19.9 Å². The Morgan fingerprint density at radius 3 is 2.70 bits per heavy atom. The fraction of sp³-hybridized carbons (Fsp3) is 0.105. The Balaban J connectivity index is 1.90. The van der Waals surface area contributed by atoms with Crippen LogP contribution in [-0.4, -0.2) is 27.0 Å². The van der Waals surface area contributed by atoms with Crippen molar-refractivity contribution >= 4 is 44.1 Å². The Morgan fingerprint density at radius 1 is 1.22 bits per heavy atom. The molecule has 0 fully saturated rings. The highest BCUT2D eigenvalue weighted by atomic mass is 32.1. The molecule has 2 aromatic carbocycles. The number of para-hydroxylation sites is 1. The second kappa shape index (κ2) is 6.49. The zero-order valence-electron chi connectivity index (χ0n) is 14.2. The molecule has 27 heavy (non-hydrogen) atoms. The lowest BCUT2D eigenvalue weighted by molar-refractivity contribution is -0.117. The number of hydrogen-bond donors (Lipinski definition) is 3. The molecule has 1 aliphatic rings. The number of hydrogen-bond acceptors (Lipinski definition) is 7. The van der Waals surface area contributed by atoms with E-state index in [1.54, 1.807) is 24.3 Å². The molecule has 0 aliphatic carbocycles. The predicted octanol–water partition coefficient (Wildman–Crippen LogP) is 3.59. The van der Waals surface area contributed by atoms with Crippen LogP contribution in [0.2, 0.25) is 0 Å². The summed E-state index contributed by atoms with van der Waals surface area (Å²) in [4.78, 5) is 30.8. The Labute approximate surface area is 158 Å². The van der Waals surface area contributed by atoms with Crippen LogP contribution < -0.4 is 10.4 Å². The van der Waals surface area contributed by atoms with Crippen molar-refractivity contribution in [3.05, 3.63) is 65.4 Å². The molecule has 2 heterocycles. The fourth-order valence-corrected chi connectivity index (χ4v) is 4.21. The average Bonchev–Trinajstić information content (AvgIpc) is 3.20. The van der Waals surface area contributed by atoms with Crippen molar-refractivity contribution in [1.29, 1.82) is 0 Å². The molecular formula is C19H15N3O4S. The molecule has 8 heteroatoms. The SMILES string of the molecule is CC(=O)C1=C(O)C(=O)N(c2nc3ccccc3s2)C1c1cccc(NO)c1. The van der Waals surface area contributed by atoms with E-state index in [4.69, 9.17) is 0 Å². The van der Waals surface area contributed by atoms with E-state index in [-0.39, 0.29) is 5.57 Å². The van der Waals surface area contributed by atoms with Gasteiger partial charge in [0.15, 0.2) is 16.7 Å². The number of benzene rings is 2. The summed E-state index contributed by atoms with van der Waals surface area (Å²) in [5.41, 5.74) is 3.76. The minimum absolute atomic E-state index is 0.00865. The smallest absolute Gasteiger partial charge is 0.296 e. The summed E-state index contributed by atoms with van der Waals surface area (Å²) in [6.45, 7) is 1.31. The Morgan fingerprint density at radius 2 is 2.00 bits per heavy atom. The first-order chi connectivity index (χ1) is 13.0. The first kappa shape index (κ1) is 17.2. The van der Waals surface area contributed by atoms with Crippen LogP contribution in [0, 0.1) is 0 Å². The molecule has 1 aliphatic heterocycles. The van der Waals surface area contributed by atoms with E-state index in [0.29, 0.717) is 16.4 Å². The van der Waals surface area contributed by atoms with Gasteiger partial charge in [-0.05, 0) is 36.8 Å². The number of aliphatic hydroxyl groups is 1. The quantitative estimate of drug-likeness (QED) is 0.597. The lowest BCUT2D eigenvalue weighted by Gasteiger charge is -2.24. The van der Waals surface area contributed by atoms with Crippen LogP contribution in [0.4, 0.5) is 10.8 Å². The Bertz CT molecular complexity index is 1070. The third kappa shape index (κ3) is 2.75. The van der Waals surface area contributed by atoms with Gasteiger partial charge in [-0.15, -0.1) is 0 Å². The molecular weight excluding hydrogens is 366 g/mol. The predicted molar refractivity (Wildman–Crippen MR) is 102 cm³/mol. The molecule has 0 radical (unpaired) electrons. The zero-order chi connectivity index (χ0) is 19.1. The molecule has 3 aromatic rings. The molecule has 1 amide bonds. The summed E-state index contributed by atoms with van der Waals surface area (Å²) in [5, 5.41) is 20.0. The molecule has 3 N–H and O–H groups in total. The maximum absolute atomic E-state index is 12.8.